The van der Waals surface area contributed by atoms with Crippen LogP contribution in [-0.2, 0) is 16.1 Å². The van der Waals surface area contributed by atoms with E-state index in [1.807, 2.05) is 64.1 Å². The molecule has 0 bridgehead atoms. The van der Waals surface area contributed by atoms with Gasteiger partial charge in [-0.15, -0.1) is 0 Å². The average molecular weight is 417 g/mol. The lowest BCUT2D eigenvalue weighted by molar-refractivity contribution is -0.142. The monoisotopic (exact) mass is 416 g/mol. The molecular formula is C23H29ClN2O3. The molecule has 2 aromatic rings. The van der Waals surface area contributed by atoms with Crippen LogP contribution in [0.2, 0.25) is 5.02 Å². The summed E-state index contributed by atoms with van der Waals surface area (Å²) in [5, 5.41) is 3.38. The summed E-state index contributed by atoms with van der Waals surface area (Å²) in [5.74, 6) is 0.230. The van der Waals surface area contributed by atoms with Crippen LogP contribution in [0.3, 0.4) is 0 Å². The molecule has 0 saturated carbocycles. The van der Waals surface area contributed by atoms with Crippen LogP contribution in [0.4, 0.5) is 0 Å². The number of amides is 2. The van der Waals surface area contributed by atoms with Gasteiger partial charge in [0, 0.05) is 18.1 Å². The summed E-state index contributed by atoms with van der Waals surface area (Å²) in [7, 11) is 0. The molecule has 1 N–H and O–H groups in total. The molecule has 2 amide bonds. The third-order valence-electron chi connectivity index (χ3n) is 4.94. The first-order valence-corrected chi connectivity index (χ1v) is 10.3. The molecule has 2 rings (SSSR count). The van der Waals surface area contributed by atoms with Crippen molar-refractivity contribution in [2.24, 2.45) is 0 Å². The number of hydrogen-bond donors (Lipinski definition) is 1. The summed E-state index contributed by atoms with van der Waals surface area (Å²) < 4.78 is 5.81. The van der Waals surface area contributed by atoms with Gasteiger partial charge in [0.15, 0.2) is 6.61 Å². The van der Waals surface area contributed by atoms with E-state index in [9.17, 15) is 9.59 Å². The van der Waals surface area contributed by atoms with E-state index < -0.39 is 6.04 Å². The number of carbonyl (C=O) groups excluding carboxylic acids is 2. The second-order valence-corrected chi connectivity index (χ2v) is 7.33. The standard InChI is InChI=1S/C23H29ClN2O3/c1-5-20(23(28)25-6-2)26(14-18-11-7-8-12-19(18)24)22(27)15-29-21-13-9-10-16(3)17(21)4/h7-13,20H,5-6,14-15H2,1-4H3,(H,25,28)/t20-/m1/s1. The van der Waals surface area contributed by atoms with Gasteiger partial charge in [-0.05, 0) is 56.0 Å². The minimum atomic E-state index is -0.596. The molecule has 2 aromatic carbocycles. The number of nitrogens with one attached hydrogen (secondary N) is 1. The second kappa shape index (κ2) is 10.9. The van der Waals surface area contributed by atoms with Crippen molar-refractivity contribution < 1.29 is 14.3 Å². The molecular weight excluding hydrogens is 388 g/mol. The van der Waals surface area contributed by atoms with Gasteiger partial charge in [0.1, 0.15) is 11.8 Å². The van der Waals surface area contributed by atoms with Crippen LogP contribution in [0.5, 0.6) is 5.75 Å². The Balaban J connectivity index is 2.24. The summed E-state index contributed by atoms with van der Waals surface area (Å²) in [6.45, 7) is 8.29. The number of nitrogens with zero attached hydrogens (tertiary/aromatic N) is 1. The van der Waals surface area contributed by atoms with Gasteiger partial charge < -0.3 is 15.0 Å². The number of hydrogen-bond acceptors (Lipinski definition) is 3. The number of likely N-dealkylation sites (N-methyl/N-ethyl adjacent to an activating group) is 1. The van der Waals surface area contributed by atoms with Gasteiger partial charge in [-0.3, -0.25) is 9.59 Å². The van der Waals surface area contributed by atoms with Crippen molar-refractivity contribution in [3.05, 3.63) is 64.2 Å². The van der Waals surface area contributed by atoms with Crippen LogP contribution in [0.1, 0.15) is 37.0 Å². The maximum atomic E-state index is 13.1. The van der Waals surface area contributed by atoms with Gasteiger partial charge in [-0.2, -0.15) is 0 Å². The van der Waals surface area contributed by atoms with Crippen LogP contribution >= 0.6 is 11.6 Å². The Morgan fingerprint density at radius 1 is 1.10 bits per heavy atom. The molecule has 156 valence electrons. The number of benzene rings is 2. The van der Waals surface area contributed by atoms with Crippen molar-refractivity contribution in [2.45, 2.75) is 46.7 Å². The maximum absolute atomic E-state index is 13.1. The molecule has 0 unspecified atom stereocenters. The fourth-order valence-electron chi connectivity index (χ4n) is 3.12. The summed E-state index contributed by atoms with van der Waals surface area (Å²) in [4.78, 5) is 27.3. The van der Waals surface area contributed by atoms with E-state index in [1.165, 1.54) is 0 Å². The Hall–Kier alpha value is -2.53. The van der Waals surface area contributed by atoms with Crippen molar-refractivity contribution >= 4 is 23.4 Å². The second-order valence-electron chi connectivity index (χ2n) is 6.92. The Labute approximate surface area is 178 Å². The van der Waals surface area contributed by atoms with E-state index in [-0.39, 0.29) is 25.0 Å². The molecule has 0 aliphatic carbocycles. The van der Waals surface area contributed by atoms with Crippen LogP contribution in [-0.4, -0.2) is 35.9 Å². The topological polar surface area (TPSA) is 58.6 Å². The summed E-state index contributed by atoms with van der Waals surface area (Å²) in [6.07, 6.45) is 0.492. The zero-order valence-electron chi connectivity index (χ0n) is 17.5. The highest BCUT2D eigenvalue weighted by Crippen LogP contribution is 2.22. The molecule has 0 spiro atoms. The number of rotatable bonds is 9. The molecule has 29 heavy (non-hydrogen) atoms. The Bertz CT molecular complexity index is 854. The average Bonchev–Trinajstić information content (AvgIpc) is 2.70. The molecule has 0 aliphatic rings. The fourth-order valence-corrected chi connectivity index (χ4v) is 3.32. The lowest BCUT2D eigenvalue weighted by Crippen LogP contribution is -2.50. The maximum Gasteiger partial charge on any atom is 0.261 e. The normalized spacial score (nSPS) is 11.6. The van der Waals surface area contributed by atoms with E-state index in [0.29, 0.717) is 23.7 Å². The summed E-state index contributed by atoms with van der Waals surface area (Å²) >= 11 is 6.30. The largest absolute Gasteiger partial charge is 0.483 e. The van der Waals surface area contributed by atoms with Gasteiger partial charge in [-0.25, -0.2) is 0 Å². The first kappa shape index (κ1) is 22.8. The van der Waals surface area contributed by atoms with Gasteiger partial charge in [0.2, 0.25) is 5.91 Å². The zero-order chi connectivity index (χ0) is 21.4. The van der Waals surface area contributed by atoms with Crippen molar-refractivity contribution in [3.8, 4) is 5.75 Å². The molecule has 0 aliphatic heterocycles. The van der Waals surface area contributed by atoms with Crippen molar-refractivity contribution in [1.82, 2.24) is 10.2 Å². The number of halogens is 1. The summed E-state index contributed by atoms with van der Waals surface area (Å²) in [5.41, 5.74) is 2.88. The first-order chi connectivity index (χ1) is 13.9. The minimum absolute atomic E-state index is 0.148. The minimum Gasteiger partial charge on any atom is -0.483 e. The molecule has 0 aromatic heterocycles. The Morgan fingerprint density at radius 3 is 2.48 bits per heavy atom. The van der Waals surface area contributed by atoms with Gasteiger partial charge in [-0.1, -0.05) is 48.9 Å². The molecule has 1 atom stereocenters. The molecule has 0 saturated heterocycles. The number of ether oxygens (including phenoxy) is 1. The first-order valence-electron chi connectivity index (χ1n) is 9.88. The molecule has 6 heteroatoms. The number of aryl methyl sites for hydroxylation is 1. The van der Waals surface area contributed by atoms with Crippen LogP contribution in [0.25, 0.3) is 0 Å². The van der Waals surface area contributed by atoms with Crippen LogP contribution in [0, 0.1) is 13.8 Å². The highest BCUT2D eigenvalue weighted by atomic mass is 35.5. The zero-order valence-corrected chi connectivity index (χ0v) is 18.3. The molecule has 0 heterocycles. The number of carbonyl (C=O) groups is 2. The quantitative estimate of drug-likeness (QED) is 0.663. The van der Waals surface area contributed by atoms with Gasteiger partial charge in [0.05, 0.1) is 0 Å². The van der Waals surface area contributed by atoms with Crippen molar-refractivity contribution in [1.29, 1.82) is 0 Å². The van der Waals surface area contributed by atoms with E-state index >= 15 is 0 Å². The van der Waals surface area contributed by atoms with Gasteiger partial charge in [0.25, 0.3) is 5.91 Å². The molecule has 5 nitrogen and oxygen atoms in total. The van der Waals surface area contributed by atoms with E-state index in [2.05, 4.69) is 5.32 Å². The highest BCUT2D eigenvalue weighted by Gasteiger charge is 2.29. The predicted octanol–water partition coefficient (Wildman–Crippen LogP) is 4.28. The van der Waals surface area contributed by atoms with Crippen LogP contribution in [0.15, 0.2) is 42.5 Å². The lowest BCUT2D eigenvalue weighted by atomic mass is 10.1. The Kier molecular flexibility index (Phi) is 8.52. The van der Waals surface area contributed by atoms with Gasteiger partial charge >= 0.3 is 0 Å². The van der Waals surface area contributed by atoms with Crippen molar-refractivity contribution in [3.63, 3.8) is 0 Å². The summed E-state index contributed by atoms with van der Waals surface area (Å²) in [6, 6.07) is 12.5. The van der Waals surface area contributed by atoms with Crippen LogP contribution < -0.4 is 10.1 Å². The SMILES string of the molecule is CCNC(=O)[C@@H](CC)N(Cc1ccccc1Cl)C(=O)COc1cccc(C)c1C. The Morgan fingerprint density at radius 2 is 1.83 bits per heavy atom. The fraction of sp³-hybridized carbons (Fsp3) is 0.391. The highest BCUT2D eigenvalue weighted by molar-refractivity contribution is 6.31. The molecule has 0 radical (unpaired) electrons. The lowest BCUT2D eigenvalue weighted by Gasteiger charge is -2.30. The molecule has 0 fully saturated rings. The van der Waals surface area contributed by atoms with Crippen molar-refractivity contribution in [2.75, 3.05) is 13.2 Å². The third kappa shape index (κ3) is 5.97. The van der Waals surface area contributed by atoms with E-state index in [0.717, 1.165) is 16.7 Å². The van der Waals surface area contributed by atoms with E-state index in [1.54, 1.807) is 11.0 Å². The smallest absolute Gasteiger partial charge is 0.261 e. The van der Waals surface area contributed by atoms with E-state index in [4.69, 9.17) is 16.3 Å². The predicted molar refractivity (Wildman–Crippen MR) is 116 cm³/mol. The third-order valence-corrected chi connectivity index (χ3v) is 5.31.